The Kier molecular flexibility index (Phi) is 4.80. The number of nitrogens with one attached hydrogen (secondary N) is 2. The van der Waals surface area contributed by atoms with Crippen molar-refractivity contribution in [2.24, 2.45) is 0 Å². The van der Waals surface area contributed by atoms with Gasteiger partial charge in [0.25, 0.3) is 0 Å². The third-order valence-electron chi connectivity index (χ3n) is 2.89. The van der Waals surface area contributed by atoms with E-state index >= 15 is 0 Å². The molecule has 0 radical (unpaired) electrons. The standard InChI is InChI=1S/C15H11F2N5OS/c16-9-6-11(17)13(18-7-9)14-20-15(22-21-14)24-8-12(23)19-10-4-2-1-3-5-10/h1-7H,8H2,(H,19,23)(H,20,21,22). The average Bonchev–Trinajstić information content (AvgIpc) is 3.02. The van der Waals surface area contributed by atoms with Gasteiger partial charge in [0.2, 0.25) is 11.1 Å². The van der Waals surface area contributed by atoms with Gasteiger partial charge in [0.1, 0.15) is 11.5 Å². The van der Waals surface area contributed by atoms with Crippen molar-refractivity contribution < 1.29 is 13.6 Å². The van der Waals surface area contributed by atoms with Crippen molar-refractivity contribution >= 4 is 23.4 Å². The van der Waals surface area contributed by atoms with Gasteiger partial charge in [-0.05, 0) is 12.1 Å². The zero-order valence-electron chi connectivity index (χ0n) is 12.2. The number of carbonyl (C=O) groups is 1. The van der Waals surface area contributed by atoms with E-state index in [1.54, 1.807) is 12.1 Å². The number of anilines is 1. The van der Waals surface area contributed by atoms with Gasteiger partial charge in [-0.3, -0.25) is 9.89 Å². The summed E-state index contributed by atoms with van der Waals surface area (Å²) in [6.45, 7) is 0. The first-order valence-electron chi connectivity index (χ1n) is 6.83. The molecule has 2 heterocycles. The number of para-hydroxylation sites is 1. The topological polar surface area (TPSA) is 83.6 Å². The fourth-order valence-corrected chi connectivity index (χ4v) is 2.45. The first-order valence-corrected chi connectivity index (χ1v) is 7.82. The maximum Gasteiger partial charge on any atom is 0.234 e. The smallest absolute Gasteiger partial charge is 0.234 e. The van der Waals surface area contributed by atoms with Crippen molar-refractivity contribution in [1.29, 1.82) is 0 Å². The van der Waals surface area contributed by atoms with Crippen LogP contribution < -0.4 is 5.32 Å². The Labute approximate surface area is 139 Å². The van der Waals surface area contributed by atoms with E-state index in [1.807, 2.05) is 18.2 Å². The summed E-state index contributed by atoms with van der Waals surface area (Å²) in [5.41, 5.74) is 0.556. The van der Waals surface area contributed by atoms with Gasteiger partial charge in [-0.15, -0.1) is 5.10 Å². The summed E-state index contributed by atoms with van der Waals surface area (Å²) in [4.78, 5) is 19.5. The van der Waals surface area contributed by atoms with Gasteiger partial charge >= 0.3 is 0 Å². The van der Waals surface area contributed by atoms with E-state index in [4.69, 9.17) is 0 Å². The van der Waals surface area contributed by atoms with Gasteiger partial charge in [0.15, 0.2) is 11.6 Å². The summed E-state index contributed by atoms with van der Waals surface area (Å²) in [5, 5.41) is 9.39. The lowest BCUT2D eigenvalue weighted by atomic mass is 10.3. The third kappa shape index (κ3) is 3.93. The summed E-state index contributed by atoms with van der Waals surface area (Å²) < 4.78 is 26.5. The molecule has 3 rings (SSSR count). The van der Waals surface area contributed by atoms with Gasteiger partial charge in [-0.25, -0.2) is 13.8 Å². The van der Waals surface area contributed by atoms with Crippen molar-refractivity contribution in [3.8, 4) is 11.5 Å². The number of pyridine rings is 1. The monoisotopic (exact) mass is 347 g/mol. The molecule has 122 valence electrons. The van der Waals surface area contributed by atoms with Crippen molar-refractivity contribution in [1.82, 2.24) is 20.2 Å². The van der Waals surface area contributed by atoms with Gasteiger partial charge in [0, 0.05) is 11.8 Å². The van der Waals surface area contributed by atoms with E-state index in [0.29, 0.717) is 11.8 Å². The molecule has 0 atom stereocenters. The molecule has 9 heteroatoms. The lowest BCUT2D eigenvalue weighted by Crippen LogP contribution is -2.13. The van der Waals surface area contributed by atoms with E-state index in [0.717, 1.165) is 18.0 Å². The van der Waals surface area contributed by atoms with Crippen LogP contribution in [0.3, 0.4) is 0 Å². The first-order chi connectivity index (χ1) is 11.6. The number of hydrogen-bond donors (Lipinski definition) is 2. The molecule has 0 spiro atoms. The highest BCUT2D eigenvalue weighted by Gasteiger charge is 2.14. The maximum absolute atomic E-state index is 13.6. The molecule has 0 aliphatic carbocycles. The number of amides is 1. The third-order valence-corrected chi connectivity index (χ3v) is 3.73. The Morgan fingerprint density at radius 3 is 2.79 bits per heavy atom. The fourth-order valence-electron chi connectivity index (χ4n) is 1.85. The molecule has 0 saturated heterocycles. The van der Waals surface area contributed by atoms with Crippen LogP contribution in [0.2, 0.25) is 0 Å². The quantitative estimate of drug-likeness (QED) is 0.694. The summed E-state index contributed by atoms with van der Waals surface area (Å²) in [6, 6.07) is 9.74. The summed E-state index contributed by atoms with van der Waals surface area (Å²) >= 11 is 1.08. The predicted octanol–water partition coefficient (Wildman–Crippen LogP) is 2.88. The van der Waals surface area contributed by atoms with Crippen LogP contribution in [0.25, 0.3) is 11.5 Å². The molecule has 2 N–H and O–H groups in total. The van der Waals surface area contributed by atoms with Crippen molar-refractivity contribution in [3.63, 3.8) is 0 Å². The zero-order valence-corrected chi connectivity index (χ0v) is 13.0. The van der Waals surface area contributed by atoms with E-state index in [1.165, 1.54) is 0 Å². The number of nitrogens with zero attached hydrogens (tertiary/aromatic N) is 3. The van der Waals surface area contributed by atoms with Crippen molar-refractivity contribution in [3.05, 3.63) is 54.2 Å². The van der Waals surface area contributed by atoms with Crippen LogP contribution in [0.5, 0.6) is 0 Å². The van der Waals surface area contributed by atoms with Gasteiger partial charge < -0.3 is 5.32 Å². The largest absolute Gasteiger partial charge is 0.325 e. The predicted molar refractivity (Wildman–Crippen MR) is 85.3 cm³/mol. The Bertz CT molecular complexity index is 856. The molecule has 0 unspecified atom stereocenters. The van der Waals surface area contributed by atoms with Gasteiger partial charge in [-0.1, -0.05) is 30.0 Å². The second-order valence-electron chi connectivity index (χ2n) is 4.65. The van der Waals surface area contributed by atoms with Gasteiger partial charge in [0.05, 0.1) is 11.9 Å². The molecule has 0 aliphatic heterocycles. The van der Waals surface area contributed by atoms with Crippen molar-refractivity contribution in [2.45, 2.75) is 5.16 Å². The number of carbonyl (C=O) groups excluding carboxylic acids is 1. The van der Waals surface area contributed by atoms with Crippen LogP contribution in [-0.2, 0) is 4.79 Å². The van der Waals surface area contributed by atoms with Crippen LogP contribution in [-0.4, -0.2) is 31.8 Å². The molecule has 0 saturated carbocycles. The van der Waals surface area contributed by atoms with Crippen LogP contribution >= 0.6 is 11.8 Å². The molecular weight excluding hydrogens is 336 g/mol. The molecule has 24 heavy (non-hydrogen) atoms. The number of hydrogen-bond acceptors (Lipinski definition) is 5. The van der Waals surface area contributed by atoms with Crippen LogP contribution in [0, 0.1) is 11.6 Å². The molecule has 2 aromatic heterocycles. The number of H-pyrrole nitrogens is 1. The first kappa shape index (κ1) is 16.1. The highest BCUT2D eigenvalue weighted by atomic mass is 32.2. The molecule has 0 fully saturated rings. The minimum Gasteiger partial charge on any atom is -0.325 e. The lowest BCUT2D eigenvalue weighted by molar-refractivity contribution is -0.113. The molecule has 0 aliphatic rings. The molecular formula is C15H11F2N5OS. The average molecular weight is 347 g/mol. The highest BCUT2D eigenvalue weighted by Crippen LogP contribution is 2.20. The van der Waals surface area contributed by atoms with E-state index in [2.05, 4.69) is 25.5 Å². The maximum atomic E-state index is 13.6. The molecule has 3 aromatic rings. The Hall–Kier alpha value is -2.81. The second-order valence-corrected chi connectivity index (χ2v) is 5.60. The van der Waals surface area contributed by atoms with Crippen LogP contribution in [0.15, 0.2) is 47.8 Å². The van der Waals surface area contributed by atoms with E-state index < -0.39 is 11.6 Å². The van der Waals surface area contributed by atoms with Crippen molar-refractivity contribution in [2.75, 3.05) is 11.1 Å². The Morgan fingerprint density at radius 2 is 2.04 bits per heavy atom. The normalized spacial score (nSPS) is 10.6. The van der Waals surface area contributed by atoms with Crippen LogP contribution in [0.4, 0.5) is 14.5 Å². The minimum atomic E-state index is -0.843. The molecule has 1 aromatic carbocycles. The summed E-state index contributed by atoms with van der Waals surface area (Å²) in [7, 11) is 0. The summed E-state index contributed by atoms with van der Waals surface area (Å²) in [5.74, 6) is -1.68. The van der Waals surface area contributed by atoms with E-state index in [-0.39, 0.29) is 28.3 Å². The zero-order chi connectivity index (χ0) is 16.9. The second kappa shape index (κ2) is 7.18. The Balaban J connectivity index is 1.61. The molecule has 1 amide bonds. The number of aromatic amines is 1. The fraction of sp³-hybridized carbons (Fsp3) is 0.0667. The number of rotatable bonds is 5. The minimum absolute atomic E-state index is 0.0680. The molecule has 6 nitrogen and oxygen atoms in total. The number of thioether (sulfide) groups is 1. The number of benzene rings is 1. The number of halogens is 2. The van der Waals surface area contributed by atoms with Crippen LogP contribution in [0.1, 0.15) is 0 Å². The molecule has 0 bridgehead atoms. The summed E-state index contributed by atoms with van der Waals surface area (Å²) in [6.07, 6.45) is 0.890. The van der Waals surface area contributed by atoms with Gasteiger partial charge in [-0.2, -0.15) is 4.98 Å². The lowest BCUT2D eigenvalue weighted by Gasteiger charge is -2.02. The Morgan fingerprint density at radius 1 is 1.25 bits per heavy atom. The number of aromatic nitrogens is 4. The SMILES string of the molecule is O=C(CSc1n[nH]c(-c2ncc(F)cc2F)n1)Nc1ccccc1. The highest BCUT2D eigenvalue weighted by molar-refractivity contribution is 7.99. The van der Waals surface area contributed by atoms with E-state index in [9.17, 15) is 13.6 Å².